The van der Waals surface area contributed by atoms with Gasteiger partial charge in [0, 0.05) is 19.3 Å². The summed E-state index contributed by atoms with van der Waals surface area (Å²) in [4.78, 5) is 38.5. The second-order valence-electron chi connectivity index (χ2n) is 22.3. The van der Waals surface area contributed by atoms with Gasteiger partial charge in [-0.15, -0.1) is 0 Å². The molecule has 0 rings (SSSR count). The first-order valence-corrected chi connectivity index (χ1v) is 34.2. The molecule has 0 aliphatic carbocycles. The molecule has 0 fully saturated rings. The molecule has 0 heterocycles. The Balaban J connectivity index is 4.43. The van der Waals surface area contributed by atoms with Crippen molar-refractivity contribution in [2.75, 3.05) is 13.2 Å². The summed E-state index contributed by atoms with van der Waals surface area (Å²) in [7, 11) is 0. The van der Waals surface area contributed by atoms with Gasteiger partial charge in [-0.25, -0.2) is 0 Å². The number of allylic oxidation sites excluding steroid dienone is 22. The monoisotopic (exact) mass is 1130 g/mol. The van der Waals surface area contributed by atoms with E-state index >= 15 is 0 Å². The van der Waals surface area contributed by atoms with Crippen molar-refractivity contribution in [3.05, 3.63) is 134 Å². The van der Waals surface area contributed by atoms with Crippen LogP contribution in [0.25, 0.3) is 0 Å². The largest absolute Gasteiger partial charge is 0.462 e. The molecule has 0 N–H and O–H groups in total. The third-order valence-corrected chi connectivity index (χ3v) is 14.4. The highest BCUT2D eigenvalue weighted by Crippen LogP contribution is 2.16. The Kier molecular flexibility index (Phi) is 65.3. The van der Waals surface area contributed by atoms with Crippen molar-refractivity contribution in [3.63, 3.8) is 0 Å². The molecule has 0 spiro atoms. The van der Waals surface area contributed by atoms with Crippen LogP contribution in [-0.4, -0.2) is 37.2 Å². The summed E-state index contributed by atoms with van der Waals surface area (Å²) >= 11 is 0. The third-order valence-electron chi connectivity index (χ3n) is 14.4. The van der Waals surface area contributed by atoms with Crippen LogP contribution in [0.15, 0.2) is 134 Å². The molecule has 0 radical (unpaired) electrons. The molecule has 0 aromatic carbocycles. The normalized spacial score (nSPS) is 13.0. The van der Waals surface area contributed by atoms with Gasteiger partial charge < -0.3 is 14.2 Å². The van der Waals surface area contributed by atoms with Gasteiger partial charge in [0.15, 0.2) is 6.10 Å². The van der Waals surface area contributed by atoms with E-state index in [9.17, 15) is 14.4 Å². The summed E-state index contributed by atoms with van der Waals surface area (Å²) in [5.41, 5.74) is 0. The second kappa shape index (κ2) is 69.0. The van der Waals surface area contributed by atoms with Gasteiger partial charge in [0.05, 0.1) is 0 Å². The smallest absolute Gasteiger partial charge is 0.306 e. The first-order valence-electron chi connectivity index (χ1n) is 34.2. The first-order chi connectivity index (χ1) is 40.5. The van der Waals surface area contributed by atoms with E-state index in [0.717, 1.165) is 141 Å². The van der Waals surface area contributed by atoms with Gasteiger partial charge in [-0.1, -0.05) is 289 Å². The number of rotatable bonds is 61. The zero-order valence-electron chi connectivity index (χ0n) is 53.5. The fourth-order valence-electron chi connectivity index (χ4n) is 9.32. The number of carbonyl (C=O) groups excluding carboxylic acids is 3. The summed E-state index contributed by atoms with van der Waals surface area (Å²) in [6, 6.07) is 0. The van der Waals surface area contributed by atoms with Crippen LogP contribution in [0.1, 0.15) is 310 Å². The average molecular weight is 1140 g/mol. The lowest BCUT2D eigenvalue weighted by molar-refractivity contribution is -0.167. The standard InChI is InChI=1S/C76H126O6/c1-4-7-10-13-16-19-22-25-28-31-33-35-37-38-40-41-43-45-48-51-54-57-60-63-66-69-75(78)81-72-73(71-80-74(77)68-65-62-59-56-53-50-47-30-27-24-21-18-15-12-9-6-3)82-76(79)70-67-64-61-58-55-52-49-46-44-42-39-36-34-32-29-26-23-20-17-14-11-8-5-2/h7-8,10-11,16-17,19-20,25-26,28-30,33-36,38,40,43,45,47,73H,4-6,9,12-15,18,21-24,27,31-32,37,39,41-42,44,46,48-72H2,1-3H3/b10-7-,11-8-,19-16-,20-17-,28-25-,29-26-,35-33-,36-34-,40-38-,45-43-,47-30-. The minimum Gasteiger partial charge on any atom is -0.462 e. The average Bonchev–Trinajstić information content (AvgIpc) is 3.47. The highest BCUT2D eigenvalue weighted by molar-refractivity contribution is 5.71. The number of hydrogen-bond acceptors (Lipinski definition) is 6. The lowest BCUT2D eigenvalue weighted by Gasteiger charge is -2.18. The molecule has 1 unspecified atom stereocenters. The van der Waals surface area contributed by atoms with E-state index in [-0.39, 0.29) is 31.1 Å². The fourth-order valence-corrected chi connectivity index (χ4v) is 9.32. The van der Waals surface area contributed by atoms with Crippen molar-refractivity contribution in [1.29, 1.82) is 0 Å². The molecule has 1 atom stereocenters. The molecule has 0 aliphatic rings. The maximum absolute atomic E-state index is 13.0. The number of esters is 3. The molecule has 466 valence electrons. The van der Waals surface area contributed by atoms with Crippen molar-refractivity contribution in [3.8, 4) is 0 Å². The molecule has 6 nitrogen and oxygen atoms in total. The van der Waals surface area contributed by atoms with Crippen LogP contribution in [0, 0.1) is 0 Å². The summed E-state index contributed by atoms with van der Waals surface area (Å²) < 4.78 is 17.0. The lowest BCUT2D eigenvalue weighted by atomic mass is 10.0. The van der Waals surface area contributed by atoms with Gasteiger partial charge in [0.1, 0.15) is 13.2 Å². The van der Waals surface area contributed by atoms with Crippen molar-refractivity contribution in [2.45, 2.75) is 316 Å². The molecule has 0 saturated carbocycles. The zero-order valence-corrected chi connectivity index (χ0v) is 53.5. The van der Waals surface area contributed by atoms with Crippen molar-refractivity contribution >= 4 is 17.9 Å². The molecule has 0 aliphatic heterocycles. The molecule has 0 saturated heterocycles. The highest BCUT2D eigenvalue weighted by Gasteiger charge is 2.19. The Labute approximate surface area is 506 Å². The maximum Gasteiger partial charge on any atom is 0.306 e. The first kappa shape index (κ1) is 77.5. The van der Waals surface area contributed by atoms with Gasteiger partial charge >= 0.3 is 17.9 Å². The molecular weight excluding hydrogens is 1010 g/mol. The minimum absolute atomic E-state index is 0.0912. The fraction of sp³-hybridized carbons (Fsp3) is 0.671. The van der Waals surface area contributed by atoms with Gasteiger partial charge in [-0.05, 0) is 135 Å². The Morgan fingerprint density at radius 1 is 0.256 bits per heavy atom. The summed E-state index contributed by atoms with van der Waals surface area (Å²) in [6.45, 7) is 6.41. The molecule has 0 aromatic rings. The van der Waals surface area contributed by atoms with Crippen LogP contribution in [0.4, 0.5) is 0 Å². The molecule has 0 bridgehead atoms. The lowest BCUT2D eigenvalue weighted by Crippen LogP contribution is -2.30. The van der Waals surface area contributed by atoms with E-state index in [1.807, 2.05) is 0 Å². The number of unbranched alkanes of at least 4 members (excludes halogenated alkanes) is 28. The Hall–Kier alpha value is -4.45. The van der Waals surface area contributed by atoms with Crippen LogP contribution in [0.5, 0.6) is 0 Å². The van der Waals surface area contributed by atoms with Gasteiger partial charge in [0.25, 0.3) is 0 Å². The zero-order chi connectivity index (χ0) is 59.2. The predicted molar refractivity (Wildman–Crippen MR) is 357 cm³/mol. The molecule has 82 heavy (non-hydrogen) atoms. The second-order valence-corrected chi connectivity index (χ2v) is 22.3. The van der Waals surface area contributed by atoms with Crippen LogP contribution < -0.4 is 0 Å². The Morgan fingerprint density at radius 2 is 0.476 bits per heavy atom. The van der Waals surface area contributed by atoms with E-state index in [0.29, 0.717) is 19.3 Å². The number of hydrogen-bond donors (Lipinski definition) is 0. The van der Waals surface area contributed by atoms with E-state index in [2.05, 4.69) is 154 Å². The van der Waals surface area contributed by atoms with E-state index in [4.69, 9.17) is 14.2 Å². The maximum atomic E-state index is 13.0. The molecular formula is C76H126O6. The SMILES string of the molecule is CC/C=C\C/C=C\C/C=C\C/C=C\C/C=C\C/C=C\CCCCCCCCC(=O)OCC(COC(=O)CCCCCCC/C=C\CCCCCCCCC)OC(=O)CCCCCCCCCCCC/C=C\C/C=C\C/C=C\C/C=C\CC. The topological polar surface area (TPSA) is 78.9 Å². The van der Waals surface area contributed by atoms with Gasteiger partial charge in [-0.3, -0.25) is 14.4 Å². The summed E-state index contributed by atoms with van der Waals surface area (Å²) in [5.74, 6) is -0.911. The third kappa shape index (κ3) is 66.4. The van der Waals surface area contributed by atoms with Crippen molar-refractivity contribution in [2.24, 2.45) is 0 Å². The summed E-state index contributed by atoms with van der Waals surface area (Å²) in [5, 5.41) is 0. The summed E-state index contributed by atoms with van der Waals surface area (Å²) in [6.07, 6.45) is 97.4. The van der Waals surface area contributed by atoms with E-state index in [1.54, 1.807) is 0 Å². The van der Waals surface area contributed by atoms with E-state index in [1.165, 1.54) is 128 Å². The van der Waals surface area contributed by atoms with Crippen LogP contribution in [0.3, 0.4) is 0 Å². The van der Waals surface area contributed by atoms with Crippen molar-refractivity contribution in [1.82, 2.24) is 0 Å². The Bertz CT molecular complexity index is 1730. The molecule has 0 aromatic heterocycles. The highest BCUT2D eigenvalue weighted by atomic mass is 16.6. The number of carbonyl (C=O) groups is 3. The Morgan fingerprint density at radius 3 is 0.756 bits per heavy atom. The van der Waals surface area contributed by atoms with Gasteiger partial charge in [-0.2, -0.15) is 0 Å². The molecule has 0 amide bonds. The minimum atomic E-state index is -0.797. The van der Waals surface area contributed by atoms with Crippen molar-refractivity contribution < 1.29 is 28.6 Å². The van der Waals surface area contributed by atoms with Crippen LogP contribution >= 0.6 is 0 Å². The quantitative estimate of drug-likeness (QED) is 0.0261. The molecule has 6 heteroatoms. The number of ether oxygens (including phenoxy) is 3. The van der Waals surface area contributed by atoms with Crippen LogP contribution in [0.2, 0.25) is 0 Å². The van der Waals surface area contributed by atoms with Gasteiger partial charge in [0.2, 0.25) is 0 Å². The predicted octanol–water partition coefficient (Wildman–Crippen LogP) is 23.7. The van der Waals surface area contributed by atoms with E-state index < -0.39 is 6.10 Å². The van der Waals surface area contributed by atoms with Crippen LogP contribution in [-0.2, 0) is 28.6 Å².